The van der Waals surface area contributed by atoms with E-state index in [0.29, 0.717) is 6.04 Å². The van der Waals surface area contributed by atoms with Crippen molar-refractivity contribution in [3.8, 4) is 0 Å². The van der Waals surface area contributed by atoms with Crippen LogP contribution >= 0.6 is 11.3 Å². The summed E-state index contributed by atoms with van der Waals surface area (Å²) < 4.78 is 5.37. The van der Waals surface area contributed by atoms with Crippen molar-refractivity contribution in [3.05, 3.63) is 22.4 Å². The lowest BCUT2D eigenvalue weighted by molar-refractivity contribution is 0.0606. The summed E-state index contributed by atoms with van der Waals surface area (Å²) in [5, 5.41) is 2.12. The molecule has 1 aliphatic heterocycles. The van der Waals surface area contributed by atoms with Gasteiger partial charge in [0, 0.05) is 24.1 Å². The van der Waals surface area contributed by atoms with E-state index in [1.165, 1.54) is 17.7 Å². The van der Waals surface area contributed by atoms with Crippen LogP contribution in [0.5, 0.6) is 0 Å². The van der Waals surface area contributed by atoms with Crippen molar-refractivity contribution in [1.29, 1.82) is 0 Å². The number of hydrogen-bond donors (Lipinski definition) is 2. The second kappa shape index (κ2) is 6.35. The molecule has 2 rings (SSSR count). The van der Waals surface area contributed by atoms with E-state index < -0.39 is 0 Å². The fourth-order valence-electron chi connectivity index (χ4n) is 2.27. The first-order valence-corrected chi connectivity index (χ1v) is 6.82. The Morgan fingerprint density at radius 1 is 1.50 bits per heavy atom. The first-order valence-electron chi connectivity index (χ1n) is 5.94. The third kappa shape index (κ3) is 3.56. The Labute approximate surface area is 101 Å². The molecule has 0 amide bonds. The van der Waals surface area contributed by atoms with Crippen LogP contribution in [0.3, 0.4) is 0 Å². The summed E-state index contributed by atoms with van der Waals surface area (Å²) >= 11 is 1.81. The summed E-state index contributed by atoms with van der Waals surface area (Å²) in [5.41, 5.74) is 2.95. The standard InChI is InChI=1S/C12H20N2OS/c13-14-11(9-12-2-1-7-16-12)8-10-3-5-15-6-4-10/h1-2,7,10-11,14H,3-6,8-9,13H2. The molecule has 2 heterocycles. The molecule has 0 aliphatic carbocycles. The highest BCUT2D eigenvalue weighted by Gasteiger charge is 2.18. The smallest absolute Gasteiger partial charge is 0.0468 e. The Morgan fingerprint density at radius 3 is 2.94 bits per heavy atom. The highest BCUT2D eigenvalue weighted by Crippen LogP contribution is 2.22. The molecular formula is C12H20N2OS. The van der Waals surface area contributed by atoms with Crippen molar-refractivity contribution in [2.75, 3.05) is 13.2 Å². The number of thiophene rings is 1. The summed E-state index contributed by atoms with van der Waals surface area (Å²) in [6.45, 7) is 1.84. The van der Waals surface area contributed by atoms with Gasteiger partial charge in [-0.2, -0.15) is 0 Å². The van der Waals surface area contributed by atoms with Gasteiger partial charge in [0.25, 0.3) is 0 Å². The topological polar surface area (TPSA) is 47.3 Å². The van der Waals surface area contributed by atoms with Crippen molar-refractivity contribution in [1.82, 2.24) is 5.43 Å². The molecule has 0 bridgehead atoms. The Hall–Kier alpha value is -0.420. The van der Waals surface area contributed by atoms with E-state index in [-0.39, 0.29) is 0 Å². The Morgan fingerprint density at radius 2 is 2.31 bits per heavy atom. The van der Waals surface area contributed by atoms with Crippen LogP contribution in [-0.4, -0.2) is 19.3 Å². The van der Waals surface area contributed by atoms with Gasteiger partial charge in [0.05, 0.1) is 0 Å². The van der Waals surface area contributed by atoms with Crippen LogP contribution in [0.15, 0.2) is 17.5 Å². The third-order valence-electron chi connectivity index (χ3n) is 3.22. The summed E-state index contributed by atoms with van der Waals surface area (Å²) in [6.07, 6.45) is 4.58. The predicted octanol–water partition coefficient (Wildman–Crippen LogP) is 1.94. The monoisotopic (exact) mass is 240 g/mol. The molecule has 1 aliphatic rings. The van der Waals surface area contributed by atoms with Gasteiger partial charge in [-0.25, -0.2) is 0 Å². The van der Waals surface area contributed by atoms with E-state index in [1.54, 1.807) is 0 Å². The maximum absolute atomic E-state index is 5.63. The highest BCUT2D eigenvalue weighted by molar-refractivity contribution is 7.09. The minimum absolute atomic E-state index is 0.404. The van der Waals surface area contributed by atoms with E-state index in [2.05, 4.69) is 22.9 Å². The van der Waals surface area contributed by atoms with Crippen LogP contribution in [-0.2, 0) is 11.2 Å². The molecule has 0 radical (unpaired) electrons. The van der Waals surface area contributed by atoms with E-state index >= 15 is 0 Å². The van der Waals surface area contributed by atoms with E-state index in [9.17, 15) is 0 Å². The molecule has 4 heteroatoms. The molecule has 0 saturated carbocycles. The van der Waals surface area contributed by atoms with Gasteiger partial charge in [0.2, 0.25) is 0 Å². The number of nitrogens with one attached hydrogen (secondary N) is 1. The van der Waals surface area contributed by atoms with E-state index in [1.807, 2.05) is 11.3 Å². The zero-order valence-corrected chi connectivity index (χ0v) is 10.3. The maximum atomic E-state index is 5.63. The predicted molar refractivity (Wildman–Crippen MR) is 67.3 cm³/mol. The Kier molecular flexibility index (Phi) is 4.78. The Bertz CT molecular complexity index is 283. The van der Waals surface area contributed by atoms with Crippen LogP contribution < -0.4 is 11.3 Å². The second-order valence-corrected chi connectivity index (χ2v) is 5.47. The molecular weight excluding hydrogens is 220 g/mol. The van der Waals surface area contributed by atoms with Crippen molar-refractivity contribution >= 4 is 11.3 Å². The van der Waals surface area contributed by atoms with Gasteiger partial charge in [-0.15, -0.1) is 11.3 Å². The van der Waals surface area contributed by atoms with Crippen LogP contribution in [0.25, 0.3) is 0 Å². The number of hydrogen-bond acceptors (Lipinski definition) is 4. The van der Waals surface area contributed by atoms with Gasteiger partial charge < -0.3 is 4.74 Å². The molecule has 1 fully saturated rings. The van der Waals surface area contributed by atoms with Crippen LogP contribution in [0.2, 0.25) is 0 Å². The van der Waals surface area contributed by atoms with Crippen LogP contribution in [0.1, 0.15) is 24.1 Å². The lowest BCUT2D eigenvalue weighted by atomic mass is 9.91. The fraction of sp³-hybridized carbons (Fsp3) is 0.667. The SMILES string of the molecule is NNC(Cc1cccs1)CC1CCOCC1. The molecule has 0 spiro atoms. The summed E-state index contributed by atoms with van der Waals surface area (Å²) in [4.78, 5) is 1.41. The van der Waals surface area contributed by atoms with Gasteiger partial charge in [-0.1, -0.05) is 6.07 Å². The largest absolute Gasteiger partial charge is 0.381 e. The van der Waals surface area contributed by atoms with Crippen molar-refractivity contribution in [2.45, 2.75) is 31.7 Å². The average molecular weight is 240 g/mol. The molecule has 0 aromatic carbocycles. The average Bonchev–Trinajstić information content (AvgIpc) is 2.82. The quantitative estimate of drug-likeness (QED) is 0.611. The normalized spacial score (nSPS) is 19.8. The van der Waals surface area contributed by atoms with E-state index in [4.69, 9.17) is 10.6 Å². The van der Waals surface area contributed by atoms with Gasteiger partial charge in [0.15, 0.2) is 0 Å². The lowest BCUT2D eigenvalue weighted by Crippen LogP contribution is -2.38. The summed E-state index contributed by atoms with van der Waals surface area (Å²) in [5.74, 6) is 6.40. The van der Waals surface area contributed by atoms with Gasteiger partial charge in [0.1, 0.15) is 0 Å². The van der Waals surface area contributed by atoms with Crippen molar-refractivity contribution in [2.24, 2.45) is 11.8 Å². The van der Waals surface area contributed by atoms with Gasteiger partial charge in [-0.05, 0) is 43.0 Å². The third-order valence-corrected chi connectivity index (χ3v) is 4.12. The van der Waals surface area contributed by atoms with Gasteiger partial charge in [-0.3, -0.25) is 11.3 Å². The van der Waals surface area contributed by atoms with E-state index in [0.717, 1.165) is 32.0 Å². The highest BCUT2D eigenvalue weighted by atomic mass is 32.1. The number of ether oxygens (including phenoxy) is 1. The first kappa shape index (κ1) is 12.0. The number of nitrogens with two attached hydrogens (primary N) is 1. The molecule has 1 unspecified atom stereocenters. The minimum atomic E-state index is 0.404. The second-order valence-electron chi connectivity index (χ2n) is 4.44. The van der Waals surface area contributed by atoms with Crippen molar-refractivity contribution in [3.63, 3.8) is 0 Å². The van der Waals surface area contributed by atoms with Crippen LogP contribution in [0, 0.1) is 5.92 Å². The summed E-state index contributed by atoms with van der Waals surface area (Å²) in [6, 6.07) is 4.68. The molecule has 16 heavy (non-hydrogen) atoms. The number of hydrazine groups is 1. The van der Waals surface area contributed by atoms with Crippen LogP contribution in [0.4, 0.5) is 0 Å². The molecule has 1 saturated heterocycles. The fourth-order valence-corrected chi connectivity index (χ4v) is 3.05. The molecule has 1 atom stereocenters. The molecule has 3 N–H and O–H groups in total. The van der Waals surface area contributed by atoms with Gasteiger partial charge >= 0.3 is 0 Å². The van der Waals surface area contributed by atoms with Crippen molar-refractivity contribution < 1.29 is 4.74 Å². The Balaban J connectivity index is 1.80. The zero-order chi connectivity index (χ0) is 11.2. The molecule has 90 valence electrons. The zero-order valence-electron chi connectivity index (χ0n) is 9.52. The molecule has 1 aromatic heterocycles. The first-order chi connectivity index (χ1) is 7.88. The molecule has 3 nitrogen and oxygen atoms in total. The minimum Gasteiger partial charge on any atom is -0.381 e. The molecule has 1 aromatic rings. The maximum Gasteiger partial charge on any atom is 0.0468 e. The lowest BCUT2D eigenvalue weighted by Gasteiger charge is -2.26. The summed E-state index contributed by atoms with van der Waals surface area (Å²) in [7, 11) is 0. The number of rotatable bonds is 5.